The van der Waals surface area contributed by atoms with E-state index in [1.165, 1.54) is 11.3 Å². The molecule has 2 amide bonds. The van der Waals surface area contributed by atoms with Crippen LogP contribution in [0, 0.1) is 5.92 Å². The predicted molar refractivity (Wildman–Crippen MR) is 84.6 cm³/mol. The molecule has 0 saturated heterocycles. The first kappa shape index (κ1) is 15.2. The van der Waals surface area contributed by atoms with Gasteiger partial charge in [0.1, 0.15) is 0 Å². The number of amides is 2. The van der Waals surface area contributed by atoms with Crippen molar-refractivity contribution in [1.29, 1.82) is 0 Å². The lowest BCUT2D eigenvalue weighted by Crippen LogP contribution is -2.22. The number of carbonyl (C=O) groups is 2. The molecule has 0 spiro atoms. The zero-order valence-electron chi connectivity index (χ0n) is 11.9. The van der Waals surface area contributed by atoms with Gasteiger partial charge in [-0.05, 0) is 18.6 Å². The number of hydrogen-bond donors (Lipinski definition) is 2. The SMILES string of the molecule is CCC(C)C(=O)Nc1ccccc1C(=O)Nc1nccs1. The summed E-state index contributed by atoms with van der Waals surface area (Å²) in [5.74, 6) is -0.475. The Morgan fingerprint density at radius 1 is 1.29 bits per heavy atom. The van der Waals surface area contributed by atoms with Gasteiger partial charge >= 0.3 is 0 Å². The fraction of sp³-hybridized carbons (Fsp3) is 0.267. The lowest BCUT2D eigenvalue weighted by molar-refractivity contribution is -0.119. The number of nitrogens with one attached hydrogen (secondary N) is 2. The number of nitrogens with zero attached hydrogens (tertiary/aromatic N) is 1. The van der Waals surface area contributed by atoms with Gasteiger partial charge in [-0.1, -0.05) is 26.0 Å². The maximum absolute atomic E-state index is 12.3. The number of hydrogen-bond acceptors (Lipinski definition) is 4. The highest BCUT2D eigenvalue weighted by molar-refractivity contribution is 7.13. The van der Waals surface area contributed by atoms with Crippen molar-refractivity contribution in [3.05, 3.63) is 41.4 Å². The van der Waals surface area contributed by atoms with Crippen molar-refractivity contribution in [3.63, 3.8) is 0 Å². The van der Waals surface area contributed by atoms with E-state index >= 15 is 0 Å². The van der Waals surface area contributed by atoms with Crippen LogP contribution in [0.4, 0.5) is 10.8 Å². The maximum atomic E-state index is 12.3. The van der Waals surface area contributed by atoms with Crippen LogP contribution in [0.2, 0.25) is 0 Å². The molecule has 2 rings (SSSR count). The molecule has 0 aliphatic rings. The van der Waals surface area contributed by atoms with E-state index < -0.39 is 0 Å². The molecule has 5 nitrogen and oxygen atoms in total. The molecule has 0 aliphatic carbocycles. The average molecular weight is 303 g/mol. The van der Waals surface area contributed by atoms with Gasteiger partial charge in [-0.15, -0.1) is 11.3 Å². The van der Waals surface area contributed by atoms with Crippen molar-refractivity contribution >= 4 is 34.0 Å². The third kappa shape index (κ3) is 3.88. The molecule has 6 heteroatoms. The minimum atomic E-state index is -0.287. The highest BCUT2D eigenvalue weighted by Crippen LogP contribution is 2.19. The molecule has 2 N–H and O–H groups in total. The second-order valence-corrected chi connectivity index (χ2v) is 5.53. The molecule has 1 aromatic carbocycles. The number of thiazole rings is 1. The summed E-state index contributed by atoms with van der Waals surface area (Å²) in [5.41, 5.74) is 0.932. The van der Waals surface area contributed by atoms with Crippen LogP contribution in [-0.4, -0.2) is 16.8 Å². The molecule has 0 aliphatic heterocycles. The van der Waals surface area contributed by atoms with E-state index in [4.69, 9.17) is 0 Å². The van der Waals surface area contributed by atoms with Gasteiger partial charge in [0.05, 0.1) is 11.3 Å². The number of rotatable bonds is 5. The minimum absolute atomic E-state index is 0.0907. The third-order valence-electron chi connectivity index (χ3n) is 3.14. The Morgan fingerprint density at radius 2 is 2.05 bits per heavy atom. The summed E-state index contributed by atoms with van der Waals surface area (Å²) < 4.78 is 0. The molecule has 0 radical (unpaired) electrons. The summed E-state index contributed by atoms with van der Waals surface area (Å²) in [7, 11) is 0. The van der Waals surface area contributed by atoms with E-state index in [1.807, 2.05) is 13.8 Å². The van der Waals surface area contributed by atoms with Gasteiger partial charge in [0.25, 0.3) is 5.91 Å². The quantitative estimate of drug-likeness (QED) is 0.889. The lowest BCUT2D eigenvalue weighted by Gasteiger charge is -2.13. The largest absolute Gasteiger partial charge is 0.325 e. The van der Waals surface area contributed by atoms with Crippen LogP contribution >= 0.6 is 11.3 Å². The Morgan fingerprint density at radius 3 is 2.71 bits per heavy atom. The van der Waals surface area contributed by atoms with Gasteiger partial charge in [0.2, 0.25) is 5.91 Å². The topological polar surface area (TPSA) is 71.1 Å². The van der Waals surface area contributed by atoms with E-state index in [9.17, 15) is 9.59 Å². The minimum Gasteiger partial charge on any atom is -0.325 e. The monoisotopic (exact) mass is 303 g/mol. The standard InChI is InChI=1S/C15H17N3O2S/c1-3-10(2)13(19)17-12-7-5-4-6-11(12)14(20)18-15-16-8-9-21-15/h4-10H,3H2,1-2H3,(H,17,19)(H,16,18,20). The van der Waals surface area contributed by atoms with Crippen LogP contribution < -0.4 is 10.6 Å². The van der Waals surface area contributed by atoms with Crippen molar-refractivity contribution in [1.82, 2.24) is 4.98 Å². The van der Waals surface area contributed by atoms with E-state index in [0.717, 1.165) is 6.42 Å². The molecule has 1 heterocycles. The summed E-state index contributed by atoms with van der Waals surface area (Å²) in [6.07, 6.45) is 2.37. The van der Waals surface area contributed by atoms with Crippen LogP contribution in [0.1, 0.15) is 30.6 Å². The van der Waals surface area contributed by atoms with Crippen molar-refractivity contribution < 1.29 is 9.59 Å². The Hall–Kier alpha value is -2.21. The maximum Gasteiger partial charge on any atom is 0.259 e. The Bertz CT molecular complexity index is 626. The first-order chi connectivity index (χ1) is 10.1. The molecule has 1 aromatic heterocycles. The van der Waals surface area contributed by atoms with Crippen molar-refractivity contribution in [2.75, 3.05) is 10.6 Å². The first-order valence-electron chi connectivity index (χ1n) is 6.72. The molecule has 1 atom stereocenters. The summed E-state index contributed by atoms with van der Waals surface area (Å²) in [4.78, 5) is 28.3. The molecule has 110 valence electrons. The second-order valence-electron chi connectivity index (χ2n) is 4.64. The summed E-state index contributed by atoms with van der Waals surface area (Å²) >= 11 is 1.34. The van der Waals surface area contributed by atoms with Crippen LogP contribution in [0.5, 0.6) is 0 Å². The Kier molecular flexibility index (Phi) is 5.05. The number of benzene rings is 1. The first-order valence-corrected chi connectivity index (χ1v) is 7.60. The number of para-hydroxylation sites is 1. The third-order valence-corrected chi connectivity index (χ3v) is 3.83. The smallest absolute Gasteiger partial charge is 0.259 e. The molecule has 0 fully saturated rings. The van der Waals surface area contributed by atoms with E-state index in [0.29, 0.717) is 16.4 Å². The molecule has 0 saturated carbocycles. The molecule has 0 bridgehead atoms. The number of anilines is 2. The zero-order valence-corrected chi connectivity index (χ0v) is 12.7. The highest BCUT2D eigenvalue weighted by atomic mass is 32.1. The van der Waals surface area contributed by atoms with Gasteiger partial charge in [0.15, 0.2) is 5.13 Å². The zero-order chi connectivity index (χ0) is 15.2. The molecular weight excluding hydrogens is 286 g/mol. The van der Waals surface area contributed by atoms with Gasteiger partial charge in [-0.25, -0.2) is 4.98 Å². The van der Waals surface area contributed by atoms with Crippen molar-refractivity contribution in [3.8, 4) is 0 Å². The normalized spacial score (nSPS) is 11.7. The van der Waals surface area contributed by atoms with Gasteiger partial charge in [0, 0.05) is 17.5 Å². The second kappa shape index (κ2) is 6.99. The Labute approximate surface area is 127 Å². The van der Waals surface area contributed by atoms with Crippen LogP contribution in [0.3, 0.4) is 0 Å². The van der Waals surface area contributed by atoms with Gasteiger partial charge < -0.3 is 5.32 Å². The van der Waals surface area contributed by atoms with Crippen molar-refractivity contribution in [2.45, 2.75) is 20.3 Å². The van der Waals surface area contributed by atoms with Crippen LogP contribution in [-0.2, 0) is 4.79 Å². The summed E-state index contributed by atoms with van der Waals surface area (Å²) in [6.45, 7) is 3.80. The fourth-order valence-corrected chi connectivity index (χ4v) is 2.21. The Balaban J connectivity index is 2.16. The number of carbonyl (C=O) groups excluding carboxylic acids is 2. The molecular formula is C15H17N3O2S. The van der Waals surface area contributed by atoms with Crippen LogP contribution in [0.25, 0.3) is 0 Å². The van der Waals surface area contributed by atoms with E-state index in [-0.39, 0.29) is 17.7 Å². The summed E-state index contributed by atoms with van der Waals surface area (Å²) in [6, 6.07) is 6.94. The fourth-order valence-electron chi connectivity index (χ4n) is 1.68. The number of aromatic nitrogens is 1. The lowest BCUT2D eigenvalue weighted by atomic mass is 10.1. The molecule has 1 unspecified atom stereocenters. The van der Waals surface area contributed by atoms with E-state index in [2.05, 4.69) is 15.6 Å². The van der Waals surface area contributed by atoms with Crippen molar-refractivity contribution in [2.24, 2.45) is 5.92 Å². The molecule has 2 aromatic rings. The average Bonchev–Trinajstić information content (AvgIpc) is 2.99. The van der Waals surface area contributed by atoms with Crippen LogP contribution in [0.15, 0.2) is 35.8 Å². The van der Waals surface area contributed by atoms with E-state index in [1.54, 1.807) is 35.8 Å². The summed E-state index contributed by atoms with van der Waals surface area (Å²) in [5, 5.41) is 7.83. The molecule has 21 heavy (non-hydrogen) atoms. The van der Waals surface area contributed by atoms with Gasteiger partial charge in [-0.3, -0.25) is 14.9 Å². The van der Waals surface area contributed by atoms with Gasteiger partial charge in [-0.2, -0.15) is 0 Å². The highest BCUT2D eigenvalue weighted by Gasteiger charge is 2.16. The predicted octanol–water partition coefficient (Wildman–Crippen LogP) is 3.38.